The first-order chi connectivity index (χ1) is 11.1. The topological polar surface area (TPSA) is 75.0 Å². The van der Waals surface area contributed by atoms with Gasteiger partial charge < -0.3 is 18.6 Å². The van der Waals surface area contributed by atoms with Gasteiger partial charge in [-0.05, 0) is 12.1 Å². The number of ether oxygens (including phenoxy) is 3. The molecule has 0 fully saturated rings. The van der Waals surface area contributed by atoms with Crippen LogP contribution >= 0.6 is 0 Å². The van der Waals surface area contributed by atoms with Crippen molar-refractivity contribution in [1.82, 2.24) is 0 Å². The van der Waals surface area contributed by atoms with Gasteiger partial charge in [0.2, 0.25) is 0 Å². The predicted octanol–water partition coefficient (Wildman–Crippen LogP) is 2.39. The van der Waals surface area contributed by atoms with Crippen molar-refractivity contribution in [3.8, 4) is 5.75 Å². The van der Waals surface area contributed by atoms with Crippen LogP contribution in [0.2, 0.25) is 0 Å². The van der Waals surface area contributed by atoms with Crippen LogP contribution in [-0.2, 0) is 14.3 Å². The smallest absolute Gasteiger partial charge is 0.339 e. The van der Waals surface area contributed by atoms with Crippen molar-refractivity contribution in [2.45, 2.75) is 13.8 Å². The number of carbonyl (C=O) groups excluding carboxylic acids is 1. The Morgan fingerprint density at radius 2 is 1.87 bits per heavy atom. The summed E-state index contributed by atoms with van der Waals surface area (Å²) in [6.45, 7) is 4.68. The van der Waals surface area contributed by atoms with E-state index in [2.05, 4.69) is 0 Å². The highest BCUT2D eigenvalue weighted by Gasteiger charge is 2.08. The van der Waals surface area contributed by atoms with Gasteiger partial charge in [0.1, 0.15) is 24.5 Å². The highest BCUT2D eigenvalue weighted by Crippen LogP contribution is 2.22. The maximum absolute atomic E-state index is 11.5. The molecular formula is C17H20O6. The van der Waals surface area contributed by atoms with E-state index in [9.17, 15) is 9.59 Å². The van der Waals surface area contributed by atoms with Crippen LogP contribution in [0.4, 0.5) is 0 Å². The van der Waals surface area contributed by atoms with Crippen LogP contribution in [-0.4, -0.2) is 32.4 Å². The second kappa shape index (κ2) is 8.33. The molecule has 0 radical (unpaired) electrons. The summed E-state index contributed by atoms with van der Waals surface area (Å²) in [5.41, 5.74) is 0.0248. The molecule has 0 unspecified atom stereocenters. The van der Waals surface area contributed by atoms with Gasteiger partial charge in [0.15, 0.2) is 0 Å². The van der Waals surface area contributed by atoms with Crippen molar-refractivity contribution >= 4 is 16.9 Å². The average molecular weight is 320 g/mol. The van der Waals surface area contributed by atoms with E-state index in [0.29, 0.717) is 24.5 Å². The third-order valence-electron chi connectivity index (χ3n) is 3.04. The van der Waals surface area contributed by atoms with Crippen molar-refractivity contribution in [2.24, 2.45) is 5.92 Å². The third-order valence-corrected chi connectivity index (χ3v) is 3.04. The van der Waals surface area contributed by atoms with Gasteiger partial charge >= 0.3 is 11.6 Å². The first-order valence-electron chi connectivity index (χ1n) is 7.48. The number of carbonyl (C=O) groups is 1. The molecule has 0 atom stereocenters. The fourth-order valence-corrected chi connectivity index (χ4v) is 1.88. The lowest BCUT2D eigenvalue weighted by molar-refractivity contribution is -0.148. The minimum absolute atomic E-state index is 0.142. The summed E-state index contributed by atoms with van der Waals surface area (Å²) in [4.78, 5) is 22.7. The number of para-hydroxylation sites is 1. The van der Waals surface area contributed by atoms with E-state index in [-0.39, 0.29) is 25.1 Å². The van der Waals surface area contributed by atoms with Crippen LogP contribution in [0, 0.1) is 5.92 Å². The monoisotopic (exact) mass is 320 g/mol. The first-order valence-corrected chi connectivity index (χ1v) is 7.48. The lowest BCUT2D eigenvalue weighted by Crippen LogP contribution is -2.16. The van der Waals surface area contributed by atoms with Gasteiger partial charge in [-0.1, -0.05) is 26.0 Å². The molecular weight excluding hydrogens is 300 g/mol. The average Bonchev–Trinajstić information content (AvgIpc) is 2.53. The highest BCUT2D eigenvalue weighted by molar-refractivity contribution is 5.82. The molecule has 0 spiro atoms. The van der Waals surface area contributed by atoms with Gasteiger partial charge in [0.05, 0.1) is 30.6 Å². The highest BCUT2D eigenvalue weighted by atomic mass is 16.6. The molecule has 0 bridgehead atoms. The molecule has 124 valence electrons. The summed E-state index contributed by atoms with van der Waals surface area (Å²) in [6, 6.07) is 8.47. The van der Waals surface area contributed by atoms with Gasteiger partial charge in [-0.15, -0.1) is 0 Å². The van der Waals surface area contributed by atoms with Crippen LogP contribution in [0.3, 0.4) is 0 Å². The number of hydrogen-bond acceptors (Lipinski definition) is 6. The zero-order valence-corrected chi connectivity index (χ0v) is 13.2. The Morgan fingerprint density at radius 3 is 2.65 bits per heavy atom. The summed E-state index contributed by atoms with van der Waals surface area (Å²) in [5.74, 6) is 0.0791. The fraction of sp³-hybridized carbons (Fsp3) is 0.412. The Morgan fingerprint density at radius 1 is 1.13 bits per heavy atom. The summed E-state index contributed by atoms with van der Waals surface area (Å²) in [6.07, 6.45) is 0. The third kappa shape index (κ3) is 5.10. The standard InChI is InChI=1S/C17H20O6/c1-12(2)17(19)22-10-8-20-7-9-21-15-11-16(18)23-14-6-4-3-5-13(14)15/h3-6,11-12H,7-10H2,1-2H3. The molecule has 0 N–H and O–H groups in total. The van der Waals surface area contributed by atoms with Crippen molar-refractivity contribution < 1.29 is 23.4 Å². The van der Waals surface area contributed by atoms with Crippen LogP contribution in [0.25, 0.3) is 11.0 Å². The Hall–Kier alpha value is -2.34. The van der Waals surface area contributed by atoms with Crippen molar-refractivity contribution in [3.05, 3.63) is 40.8 Å². The Labute approximate surface area is 134 Å². The van der Waals surface area contributed by atoms with E-state index in [4.69, 9.17) is 18.6 Å². The zero-order chi connectivity index (χ0) is 16.7. The van der Waals surface area contributed by atoms with E-state index in [1.54, 1.807) is 26.0 Å². The molecule has 2 aromatic rings. The summed E-state index contributed by atoms with van der Waals surface area (Å²) in [7, 11) is 0. The van der Waals surface area contributed by atoms with E-state index in [0.717, 1.165) is 5.39 Å². The second-order valence-corrected chi connectivity index (χ2v) is 5.21. The van der Waals surface area contributed by atoms with Gasteiger partial charge in [0, 0.05) is 0 Å². The SMILES string of the molecule is CC(C)C(=O)OCCOCCOc1cc(=O)oc2ccccc12. The van der Waals surface area contributed by atoms with Gasteiger partial charge in [-0.3, -0.25) is 4.79 Å². The van der Waals surface area contributed by atoms with Gasteiger partial charge in [-0.25, -0.2) is 4.79 Å². The van der Waals surface area contributed by atoms with E-state index >= 15 is 0 Å². The first kappa shape index (κ1) is 17.0. The molecule has 23 heavy (non-hydrogen) atoms. The van der Waals surface area contributed by atoms with Crippen LogP contribution in [0.1, 0.15) is 13.8 Å². The predicted molar refractivity (Wildman–Crippen MR) is 84.6 cm³/mol. The molecule has 0 amide bonds. The molecule has 0 aliphatic carbocycles. The van der Waals surface area contributed by atoms with Crippen LogP contribution in [0.15, 0.2) is 39.5 Å². The fourth-order valence-electron chi connectivity index (χ4n) is 1.88. The van der Waals surface area contributed by atoms with Gasteiger partial charge in [-0.2, -0.15) is 0 Å². The maximum atomic E-state index is 11.5. The molecule has 2 rings (SSSR count). The van der Waals surface area contributed by atoms with Crippen molar-refractivity contribution in [3.63, 3.8) is 0 Å². The molecule has 1 aromatic carbocycles. The quantitative estimate of drug-likeness (QED) is 0.422. The molecule has 0 aliphatic rings. The summed E-state index contributed by atoms with van der Waals surface area (Å²) >= 11 is 0. The van der Waals surface area contributed by atoms with Gasteiger partial charge in [0.25, 0.3) is 0 Å². The van der Waals surface area contributed by atoms with E-state index < -0.39 is 5.63 Å². The van der Waals surface area contributed by atoms with Crippen molar-refractivity contribution in [1.29, 1.82) is 0 Å². The lowest BCUT2D eigenvalue weighted by atomic mass is 10.2. The Bertz CT molecular complexity index is 704. The van der Waals surface area contributed by atoms with Crippen LogP contribution < -0.4 is 10.4 Å². The molecule has 0 saturated carbocycles. The minimum Gasteiger partial charge on any atom is -0.490 e. The molecule has 1 heterocycles. The summed E-state index contributed by atoms with van der Waals surface area (Å²) < 4.78 is 21.0. The zero-order valence-electron chi connectivity index (χ0n) is 13.2. The minimum atomic E-state index is -0.458. The molecule has 0 aliphatic heterocycles. The number of fused-ring (bicyclic) bond motifs is 1. The molecule has 6 nitrogen and oxygen atoms in total. The molecule has 0 saturated heterocycles. The van der Waals surface area contributed by atoms with Crippen molar-refractivity contribution in [2.75, 3.05) is 26.4 Å². The number of benzene rings is 1. The number of rotatable bonds is 8. The summed E-state index contributed by atoms with van der Waals surface area (Å²) in [5, 5.41) is 0.734. The molecule has 6 heteroatoms. The normalized spacial score (nSPS) is 10.9. The Kier molecular flexibility index (Phi) is 6.17. The van der Waals surface area contributed by atoms with E-state index in [1.165, 1.54) is 6.07 Å². The maximum Gasteiger partial charge on any atom is 0.339 e. The second-order valence-electron chi connectivity index (χ2n) is 5.21. The lowest BCUT2D eigenvalue weighted by Gasteiger charge is -2.10. The van der Waals surface area contributed by atoms with E-state index in [1.807, 2.05) is 12.1 Å². The largest absolute Gasteiger partial charge is 0.490 e. The Balaban J connectivity index is 1.75. The van der Waals surface area contributed by atoms with Crippen LogP contribution in [0.5, 0.6) is 5.75 Å². The number of hydrogen-bond donors (Lipinski definition) is 0. The number of esters is 1. The molecule has 1 aromatic heterocycles.